The van der Waals surface area contributed by atoms with Gasteiger partial charge in [-0.05, 0) is 12.8 Å². The summed E-state index contributed by atoms with van der Waals surface area (Å²) >= 11 is 0. The number of guanidine groups is 1. The highest BCUT2D eigenvalue weighted by Gasteiger charge is 2.06. The van der Waals surface area contributed by atoms with Crippen LogP contribution in [0.4, 0.5) is 0 Å². The second-order valence-electron chi connectivity index (χ2n) is 2.74. The van der Waals surface area contributed by atoms with E-state index in [2.05, 4.69) is 16.9 Å². The van der Waals surface area contributed by atoms with E-state index in [1.165, 1.54) is 0 Å². The molecule has 0 spiro atoms. The van der Waals surface area contributed by atoms with Gasteiger partial charge in [0.25, 0.3) is 0 Å². The summed E-state index contributed by atoms with van der Waals surface area (Å²) in [6.07, 6.45) is 5.71. The first-order valence-electron chi connectivity index (χ1n) is 4.05. The van der Waals surface area contributed by atoms with Crippen LogP contribution >= 0.6 is 0 Å². The molecule has 1 aliphatic rings. The Balaban J connectivity index is 2.58. The van der Waals surface area contributed by atoms with Gasteiger partial charge in [0.05, 0.1) is 11.7 Å². The molecule has 0 amide bonds. The topological polar surface area (TPSA) is 76.8 Å². The Morgan fingerprint density at radius 2 is 2.50 bits per heavy atom. The highest BCUT2D eigenvalue weighted by molar-refractivity contribution is 5.86. The minimum absolute atomic E-state index is 0.0858. The lowest BCUT2D eigenvalue weighted by atomic mass is 10.1. The van der Waals surface area contributed by atoms with Crippen LogP contribution in [0.3, 0.4) is 0 Å². The number of aliphatic imine (C=N–C) groups is 2. The van der Waals surface area contributed by atoms with Crippen molar-refractivity contribution in [3.8, 4) is 0 Å². The number of rotatable bonds is 2. The number of nitrogens with two attached hydrogens (primary N) is 2. The average molecular weight is 166 g/mol. The summed E-state index contributed by atoms with van der Waals surface area (Å²) in [5.74, 6) is 0.0858. The van der Waals surface area contributed by atoms with E-state index in [1.807, 2.05) is 6.08 Å². The van der Waals surface area contributed by atoms with Crippen molar-refractivity contribution >= 4 is 12.2 Å². The predicted molar refractivity (Wildman–Crippen MR) is 51.1 cm³/mol. The molecule has 12 heavy (non-hydrogen) atoms. The largest absolute Gasteiger partial charge is 0.370 e. The third-order valence-electron chi connectivity index (χ3n) is 1.75. The molecule has 1 unspecified atom stereocenters. The standard InChI is InChI=1S/C8H14N4/c1-2-6-3-4-7(5-11-6)12-8(9)10/h4-6H,2-3H2,1H3,(H4,9,10,12). The summed E-state index contributed by atoms with van der Waals surface area (Å²) in [6.45, 7) is 2.11. The van der Waals surface area contributed by atoms with Crippen LogP contribution in [0.1, 0.15) is 19.8 Å². The van der Waals surface area contributed by atoms with Crippen LogP contribution in [0, 0.1) is 0 Å². The first-order valence-corrected chi connectivity index (χ1v) is 4.05. The quantitative estimate of drug-likeness (QED) is 0.460. The fourth-order valence-corrected chi connectivity index (χ4v) is 1.05. The van der Waals surface area contributed by atoms with Crippen LogP contribution in [0.25, 0.3) is 0 Å². The molecule has 0 saturated carbocycles. The molecule has 0 aromatic heterocycles. The Bertz CT molecular complexity index is 235. The van der Waals surface area contributed by atoms with Crippen molar-refractivity contribution in [3.63, 3.8) is 0 Å². The second kappa shape index (κ2) is 3.90. The molecule has 1 aliphatic heterocycles. The van der Waals surface area contributed by atoms with Crippen molar-refractivity contribution < 1.29 is 0 Å². The fourth-order valence-electron chi connectivity index (χ4n) is 1.05. The van der Waals surface area contributed by atoms with Crippen molar-refractivity contribution in [1.29, 1.82) is 0 Å². The molecule has 0 fully saturated rings. The Morgan fingerprint density at radius 1 is 1.75 bits per heavy atom. The monoisotopic (exact) mass is 166 g/mol. The normalized spacial score (nSPS) is 21.8. The van der Waals surface area contributed by atoms with E-state index in [9.17, 15) is 0 Å². The van der Waals surface area contributed by atoms with Crippen LogP contribution in [-0.4, -0.2) is 18.2 Å². The smallest absolute Gasteiger partial charge is 0.191 e. The molecule has 4 N–H and O–H groups in total. The van der Waals surface area contributed by atoms with Gasteiger partial charge >= 0.3 is 0 Å². The summed E-state index contributed by atoms with van der Waals surface area (Å²) in [4.78, 5) is 8.16. The number of hydrogen-bond donors (Lipinski definition) is 2. The molecular formula is C8H14N4. The lowest BCUT2D eigenvalue weighted by Gasteiger charge is -2.10. The van der Waals surface area contributed by atoms with Gasteiger partial charge in [-0.25, -0.2) is 4.99 Å². The minimum Gasteiger partial charge on any atom is -0.370 e. The highest BCUT2D eigenvalue weighted by Crippen LogP contribution is 2.11. The Morgan fingerprint density at radius 3 is 2.92 bits per heavy atom. The van der Waals surface area contributed by atoms with Crippen molar-refractivity contribution in [2.75, 3.05) is 0 Å². The third-order valence-corrected chi connectivity index (χ3v) is 1.75. The molecule has 0 aromatic rings. The third kappa shape index (κ3) is 2.38. The van der Waals surface area contributed by atoms with Gasteiger partial charge in [0.2, 0.25) is 0 Å². The second-order valence-corrected chi connectivity index (χ2v) is 2.74. The SMILES string of the molecule is CCC1CC=C(N=C(N)N)C=N1. The maximum absolute atomic E-state index is 5.22. The molecule has 0 radical (unpaired) electrons. The maximum Gasteiger partial charge on any atom is 0.191 e. The van der Waals surface area contributed by atoms with Gasteiger partial charge in [0.1, 0.15) is 0 Å². The molecule has 1 rings (SSSR count). The van der Waals surface area contributed by atoms with Gasteiger partial charge in [-0.1, -0.05) is 13.0 Å². The molecule has 1 heterocycles. The number of hydrogen-bond acceptors (Lipinski definition) is 2. The van der Waals surface area contributed by atoms with Gasteiger partial charge in [-0.15, -0.1) is 0 Å². The number of dihydropyridines is 1. The molecule has 0 bridgehead atoms. The zero-order chi connectivity index (χ0) is 8.97. The lowest BCUT2D eigenvalue weighted by Crippen LogP contribution is -2.23. The molecular weight excluding hydrogens is 152 g/mol. The summed E-state index contributed by atoms with van der Waals surface area (Å²) in [5, 5.41) is 0. The zero-order valence-electron chi connectivity index (χ0n) is 7.20. The van der Waals surface area contributed by atoms with Crippen LogP contribution in [-0.2, 0) is 0 Å². The van der Waals surface area contributed by atoms with E-state index in [1.54, 1.807) is 6.21 Å². The molecule has 4 heteroatoms. The van der Waals surface area contributed by atoms with E-state index >= 15 is 0 Å². The first-order chi connectivity index (χ1) is 5.72. The fraction of sp³-hybridized carbons (Fsp3) is 0.500. The summed E-state index contributed by atoms with van der Waals surface area (Å²) in [6, 6.07) is 0.406. The van der Waals surface area contributed by atoms with Gasteiger partial charge < -0.3 is 11.5 Å². The highest BCUT2D eigenvalue weighted by atomic mass is 15.0. The van der Waals surface area contributed by atoms with Crippen molar-refractivity contribution in [3.05, 3.63) is 11.8 Å². The Hall–Kier alpha value is -1.32. The molecule has 0 saturated heterocycles. The number of allylic oxidation sites excluding steroid dienone is 1. The molecule has 0 aliphatic carbocycles. The minimum atomic E-state index is 0.0858. The number of nitrogens with zero attached hydrogens (tertiary/aromatic N) is 2. The van der Waals surface area contributed by atoms with E-state index in [0.717, 1.165) is 18.5 Å². The zero-order valence-corrected chi connectivity index (χ0v) is 7.20. The Kier molecular flexibility index (Phi) is 2.85. The van der Waals surface area contributed by atoms with Gasteiger partial charge in [0, 0.05) is 6.21 Å². The average Bonchev–Trinajstić information content (AvgIpc) is 2.05. The van der Waals surface area contributed by atoms with Crippen molar-refractivity contribution in [2.24, 2.45) is 21.5 Å². The summed E-state index contributed by atoms with van der Waals surface area (Å²) in [5.41, 5.74) is 11.2. The lowest BCUT2D eigenvalue weighted by molar-refractivity contribution is 0.656. The van der Waals surface area contributed by atoms with Crippen LogP contribution in [0.5, 0.6) is 0 Å². The predicted octanol–water partition coefficient (Wildman–Crippen LogP) is 0.397. The van der Waals surface area contributed by atoms with Crippen LogP contribution < -0.4 is 11.5 Å². The maximum atomic E-state index is 5.22. The molecule has 4 nitrogen and oxygen atoms in total. The van der Waals surface area contributed by atoms with Gasteiger partial charge in [0.15, 0.2) is 5.96 Å². The summed E-state index contributed by atoms with van der Waals surface area (Å²) in [7, 11) is 0. The van der Waals surface area contributed by atoms with E-state index < -0.39 is 0 Å². The van der Waals surface area contributed by atoms with Crippen LogP contribution in [0.15, 0.2) is 21.8 Å². The van der Waals surface area contributed by atoms with Crippen LogP contribution in [0.2, 0.25) is 0 Å². The molecule has 1 atom stereocenters. The van der Waals surface area contributed by atoms with Gasteiger partial charge in [-0.2, -0.15) is 0 Å². The van der Waals surface area contributed by atoms with E-state index in [0.29, 0.717) is 6.04 Å². The molecule has 66 valence electrons. The first kappa shape index (κ1) is 8.77. The van der Waals surface area contributed by atoms with Crippen molar-refractivity contribution in [2.45, 2.75) is 25.8 Å². The van der Waals surface area contributed by atoms with E-state index in [4.69, 9.17) is 11.5 Å². The van der Waals surface area contributed by atoms with Gasteiger partial charge in [-0.3, -0.25) is 4.99 Å². The van der Waals surface area contributed by atoms with Crippen molar-refractivity contribution in [1.82, 2.24) is 0 Å². The summed E-state index contributed by atoms with van der Waals surface area (Å²) < 4.78 is 0. The molecule has 0 aromatic carbocycles. The Labute approximate surface area is 72.1 Å². The van der Waals surface area contributed by atoms with E-state index in [-0.39, 0.29) is 5.96 Å².